The van der Waals surface area contributed by atoms with E-state index in [0.29, 0.717) is 18.0 Å². The number of benzene rings is 1. The van der Waals surface area contributed by atoms with Crippen molar-refractivity contribution in [2.45, 2.75) is 43.7 Å². The summed E-state index contributed by atoms with van der Waals surface area (Å²) in [4.78, 5) is 6.82. The molecule has 1 aliphatic carbocycles. The van der Waals surface area contributed by atoms with Crippen LogP contribution in [0.25, 0.3) is 0 Å². The number of hydrogen-bond donors (Lipinski definition) is 1. The van der Waals surface area contributed by atoms with Crippen LogP contribution in [0.5, 0.6) is 0 Å². The third kappa shape index (κ3) is 3.44. The van der Waals surface area contributed by atoms with E-state index in [-0.39, 0.29) is 5.82 Å². The molecule has 1 aliphatic heterocycles. The van der Waals surface area contributed by atoms with Gasteiger partial charge in [0.2, 0.25) is 0 Å². The minimum absolute atomic E-state index is 0.146. The molecule has 1 aromatic carbocycles. The van der Waals surface area contributed by atoms with Crippen LogP contribution in [0.15, 0.2) is 48.7 Å². The molecule has 24 heavy (non-hydrogen) atoms. The highest BCUT2D eigenvalue weighted by atomic mass is 19.1. The maximum Gasteiger partial charge on any atom is 0.128 e. The Morgan fingerprint density at radius 3 is 2.38 bits per heavy atom. The minimum atomic E-state index is -0.146. The van der Waals surface area contributed by atoms with Gasteiger partial charge in [0.1, 0.15) is 11.6 Å². The van der Waals surface area contributed by atoms with Crippen LogP contribution in [0.4, 0.5) is 10.2 Å². The van der Waals surface area contributed by atoms with Crippen molar-refractivity contribution in [2.75, 3.05) is 18.0 Å². The van der Waals surface area contributed by atoms with Gasteiger partial charge in [-0.1, -0.05) is 18.2 Å². The fraction of sp³-hybridized carbons (Fsp3) is 0.450. The van der Waals surface area contributed by atoms with Crippen molar-refractivity contribution < 1.29 is 4.39 Å². The predicted octanol–water partition coefficient (Wildman–Crippen LogP) is 3.73. The molecule has 2 fully saturated rings. The summed E-state index contributed by atoms with van der Waals surface area (Å²) in [7, 11) is 0. The average Bonchev–Trinajstić information content (AvgIpc) is 2.60. The Morgan fingerprint density at radius 1 is 0.958 bits per heavy atom. The molecule has 0 spiro atoms. The maximum absolute atomic E-state index is 13.0. The minimum Gasteiger partial charge on any atom is -0.357 e. The highest BCUT2D eigenvalue weighted by Crippen LogP contribution is 2.37. The van der Waals surface area contributed by atoms with Gasteiger partial charge in [0, 0.05) is 31.4 Å². The summed E-state index contributed by atoms with van der Waals surface area (Å²) >= 11 is 0. The average molecular weight is 325 g/mol. The summed E-state index contributed by atoms with van der Waals surface area (Å²) in [6.45, 7) is 2.14. The van der Waals surface area contributed by atoms with Crippen molar-refractivity contribution in [2.24, 2.45) is 0 Å². The molecule has 0 atom stereocenters. The summed E-state index contributed by atoms with van der Waals surface area (Å²) in [6, 6.07) is 14.3. The van der Waals surface area contributed by atoms with Gasteiger partial charge in [-0.25, -0.2) is 9.37 Å². The lowest BCUT2D eigenvalue weighted by molar-refractivity contribution is 0.247. The number of nitrogens with one attached hydrogen (secondary N) is 1. The quantitative estimate of drug-likeness (QED) is 0.928. The first-order valence-corrected chi connectivity index (χ1v) is 8.95. The lowest BCUT2D eigenvalue weighted by Gasteiger charge is -2.41. The first-order chi connectivity index (χ1) is 11.8. The second-order valence-corrected chi connectivity index (χ2v) is 7.03. The molecule has 1 saturated heterocycles. The Labute approximate surface area is 142 Å². The van der Waals surface area contributed by atoms with E-state index >= 15 is 0 Å². The first kappa shape index (κ1) is 15.6. The van der Waals surface area contributed by atoms with Gasteiger partial charge in [-0.05, 0) is 61.4 Å². The van der Waals surface area contributed by atoms with Crippen LogP contribution in [-0.4, -0.2) is 30.2 Å². The zero-order chi connectivity index (χ0) is 16.4. The van der Waals surface area contributed by atoms with Gasteiger partial charge in [0.05, 0.1) is 0 Å². The molecule has 2 aromatic rings. The van der Waals surface area contributed by atoms with Crippen LogP contribution >= 0.6 is 0 Å². The second-order valence-electron chi connectivity index (χ2n) is 7.03. The molecule has 3 nitrogen and oxygen atoms in total. The zero-order valence-electron chi connectivity index (χ0n) is 13.9. The summed E-state index contributed by atoms with van der Waals surface area (Å²) in [5.74, 6) is 1.54. The first-order valence-electron chi connectivity index (χ1n) is 8.95. The SMILES string of the molecule is Fc1ccc(C2CC(NC3CCN(c4ccccn4)CC3)C2)cc1. The summed E-state index contributed by atoms with van der Waals surface area (Å²) in [6.07, 6.45) is 6.56. The predicted molar refractivity (Wildman–Crippen MR) is 94.8 cm³/mol. The zero-order valence-corrected chi connectivity index (χ0v) is 13.9. The molecule has 4 heteroatoms. The molecular formula is C20H24FN3. The molecule has 0 radical (unpaired) electrons. The number of hydrogen-bond acceptors (Lipinski definition) is 3. The van der Waals surface area contributed by atoms with Gasteiger partial charge < -0.3 is 10.2 Å². The van der Waals surface area contributed by atoms with Crippen LogP contribution in [0.1, 0.15) is 37.2 Å². The monoisotopic (exact) mass is 325 g/mol. The van der Waals surface area contributed by atoms with Crippen molar-refractivity contribution in [3.05, 3.63) is 60.0 Å². The lowest BCUT2D eigenvalue weighted by atomic mass is 9.75. The third-order valence-corrected chi connectivity index (χ3v) is 5.42. The van der Waals surface area contributed by atoms with E-state index in [4.69, 9.17) is 0 Å². The van der Waals surface area contributed by atoms with Crippen LogP contribution < -0.4 is 10.2 Å². The Balaban J connectivity index is 1.22. The Kier molecular flexibility index (Phi) is 4.48. The number of piperidine rings is 1. The Morgan fingerprint density at radius 2 is 1.71 bits per heavy atom. The molecule has 4 rings (SSSR count). The number of anilines is 1. The second kappa shape index (κ2) is 6.89. The molecule has 0 bridgehead atoms. The molecule has 0 amide bonds. The van der Waals surface area contributed by atoms with Crippen molar-refractivity contribution >= 4 is 5.82 Å². The maximum atomic E-state index is 13.0. The van der Waals surface area contributed by atoms with Crippen molar-refractivity contribution in [1.82, 2.24) is 10.3 Å². The van der Waals surface area contributed by atoms with E-state index in [9.17, 15) is 4.39 Å². The van der Waals surface area contributed by atoms with Crippen LogP contribution in [-0.2, 0) is 0 Å². The highest BCUT2D eigenvalue weighted by molar-refractivity contribution is 5.38. The molecule has 1 N–H and O–H groups in total. The lowest BCUT2D eigenvalue weighted by Crippen LogP contribution is -2.50. The number of nitrogens with zero attached hydrogens (tertiary/aromatic N) is 2. The number of rotatable bonds is 4. The van der Waals surface area contributed by atoms with Gasteiger partial charge in [0.25, 0.3) is 0 Å². The van der Waals surface area contributed by atoms with E-state index in [0.717, 1.165) is 18.9 Å². The van der Waals surface area contributed by atoms with Crippen molar-refractivity contribution in [1.29, 1.82) is 0 Å². The molecule has 1 aromatic heterocycles. The number of aromatic nitrogens is 1. The third-order valence-electron chi connectivity index (χ3n) is 5.42. The van der Waals surface area contributed by atoms with E-state index in [1.165, 1.54) is 31.2 Å². The highest BCUT2D eigenvalue weighted by Gasteiger charge is 2.32. The van der Waals surface area contributed by atoms with E-state index in [1.807, 2.05) is 24.4 Å². The Bertz CT molecular complexity index is 644. The smallest absolute Gasteiger partial charge is 0.128 e. The molecule has 0 unspecified atom stereocenters. The fourth-order valence-corrected chi connectivity index (χ4v) is 3.91. The molecule has 1 saturated carbocycles. The number of pyridine rings is 1. The largest absolute Gasteiger partial charge is 0.357 e. The topological polar surface area (TPSA) is 28.2 Å². The molecule has 2 aliphatic rings. The molecule has 126 valence electrons. The normalized spacial score (nSPS) is 24.6. The Hall–Kier alpha value is -1.94. The standard InChI is InChI=1S/C20H24FN3/c21-17-6-4-15(5-7-17)16-13-19(14-16)23-18-8-11-24(12-9-18)20-3-1-2-10-22-20/h1-7,10,16,18-19,23H,8-9,11-14H2. The summed E-state index contributed by atoms with van der Waals surface area (Å²) < 4.78 is 13.0. The van der Waals surface area contributed by atoms with Gasteiger partial charge in [-0.3, -0.25) is 0 Å². The molecular weight excluding hydrogens is 301 g/mol. The van der Waals surface area contributed by atoms with Gasteiger partial charge >= 0.3 is 0 Å². The van der Waals surface area contributed by atoms with E-state index in [1.54, 1.807) is 12.1 Å². The van der Waals surface area contributed by atoms with Gasteiger partial charge in [-0.2, -0.15) is 0 Å². The summed E-state index contributed by atoms with van der Waals surface area (Å²) in [5, 5.41) is 3.82. The van der Waals surface area contributed by atoms with Gasteiger partial charge in [-0.15, -0.1) is 0 Å². The van der Waals surface area contributed by atoms with Crippen molar-refractivity contribution in [3.63, 3.8) is 0 Å². The summed E-state index contributed by atoms with van der Waals surface area (Å²) in [5.41, 5.74) is 1.28. The molecule has 2 heterocycles. The van der Waals surface area contributed by atoms with Crippen LogP contribution in [0, 0.1) is 5.82 Å². The van der Waals surface area contributed by atoms with E-state index in [2.05, 4.69) is 27.3 Å². The van der Waals surface area contributed by atoms with Crippen LogP contribution in [0.2, 0.25) is 0 Å². The van der Waals surface area contributed by atoms with Crippen LogP contribution in [0.3, 0.4) is 0 Å². The van der Waals surface area contributed by atoms with Crippen molar-refractivity contribution in [3.8, 4) is 0 Å². The number of halogens is 1. The van der Waals surface area contributed by atoms with Gasteiger partial charge in [0.15, 0.2) is 0 Å². The van der Waals surface area contributed by atoms with E-state index < -0.39 is 0 Å². The fourth-order valence-electron chi connectivity index (χ4n) is 3.91.